The number of carbonyl (C=O) groups excluding carboxylic acids is 1. The monoisotopic (exact) mass is 256 g/mol. The molecular weight excluding hydrogens is 240 g/mol. The van der Waals surface area contributed by atoms with Gasteiger partial charge in [0.05, 0.1) is 16.3 Å². The van der Waals surface area contributed by atoms with Crippen LogP contribution in [0.1, 0.15) is 12.8 Å². The van der Waals surface area contributed by atoms with Gasteiger partial charge < -0.3 is 11.1 Å². The van der Waals surface area contributed by atoms with Crippen LogP contribution in [-0.4, -0.2) is 27.1 Å². The van der Waals surface area contributed by atoms with Crippen LogP contribution in [0.3, 0.4) is 0 Å². The Balaban J connectivity index is 2.70. The standard InChI is InChI=1S/C11H16N2O3S/c1-13-11(14)7-4-8-17(15,16)10-6-3-2-5-9(10)12/h2-3,5-6H,4,7-8,12H2,1H3,(H,13,14). The summed E-state index contributed by atoms with van der Waals surface area (Å²) in [6.45, 7) is 0. The lowest BCUT2D eigenvalue weighted by atomic mass is 10.3. The van der Waals surface area contributed by atoms with Gasteiger partial charge in [0.1, 0.15) is 0 Å². The number of sulfone groups is 1. The van der Waals surface area contributed by atoms with Gasteiger partial charge in [-0.1, -0.05) is 12.1 Å². The summed E-state index contributed by atoms with van der Waals surface area (Å²) in [5.74, 6) is -0.240. The maximum atomic E-state index is 11.9. The normalized spacial score (nSPS) is 11.1. The van der Waals surface area contributed by atoms with Crippen molar-refractivity contribution in [2.24, 2.45) is 0 Å². The number of amides is 1. The quantitative estimate of drug-likeness (QED) is 0.754. The van der Waals surface area contributed by atoms with E-state index < -0.39 is 9.84 Å². The first-order valence-corrected chi connectivity index (χ1v) is 6.90. The first-order chi connectivity index (χ1) is 7.97. The summed E-state index contributed by atoms with van der Waals surface area (Å²) < 4.78 is 23.8. The highest BCUT2D eigenvalue weighted by atomic mass is 32.2. The molecule has 0 saturated heterocycles. The highest BCUT2D eigenvalue weighted by Crippen LogP contribution is 2.19. The number of benzene rings is 1. The Hall–Kier alpha value is -1.56. The second-order valence-electron chi connectivity index (χ2n) is 3.63. The molecule has 0 spiro atoms. The predicted octanol–water partition coefficient (Wildman–Crippen LogP) is 0.569. The van der Waals surface area contributed by atoms with E-state index in [0.29, 0.717) is 0 Å². The molecule has 1 aromatic rings. The number of nitrogen functional groups attached to an aromatic ring is 1. The maximum Gasteiger partial charge on any atom is 0.219 e. The van der Waals surface area contributed by atoms with Crippen molar-refractivity contribution >= 4 is 21.4 Å². The molecule has 0 aliphatic heterocycles. The molecule has 0 saturated carbocycles. The first-order valence-electron chi connectivity index (χ1n) is 5.25. The van der Waals surface area contributed by atoms with E-state index in [0.717, 1.165) is 0 Å². The van der Waals surface area contributed by atoms with Crippen LogP contribution in [0.25, 0.3) is 0 Å². The van der Waals surface area contributed by atoms with Crippen LogP contribution in [0.2, 0.25) is 0 Å². The van der Waals surface area contributed by atoms with E-state index in [2.05, 4.69) is 5.32 Å². The Morgan fingerprint density at radius 3 is 2.59 bits per heavy atom. The fraction of sp³-hybridized carbons (Fsp3) is 0.364. The summed E-state index contributed by atoms with van der Waals surface area (Å²) in [4.78, 5) is 11.1. The number of rotatable bonds is 5. The SMILES string of the molecule is CNC(=O)CCCS(=O)(=O)c1ccccc1N. The van der Waals surface area contributed by atoms with Gasteiger partial charge in [-0.15, -0.1) is 0 Å². The van der Waals surface area contributed by atoms with Crippen LogP contribution in [0, 0.1) is 0 Å². The Bertz CT molecular complexity index is 497. The Kier molecular flexibility index (Phi) is 4.51. The molecular formula is C11H16N2O3S. The molecule has 0 aliphatic carbocycles. The summed E-state index contributed by atoms with van der Waals surface area (Å²) in [7, 11) is -1.88. The minimum absolute atomic E-state index is 0.0748. The number of hydrogen-bond donors (Lipinski definition) is 2. The van der Waals surface area contributed by atoms with E-state index in [1.165, 1.54) is 13.1 Å². The Morgan fingerprint density at radius 1 is 1.35 bits per heavy atom. The summed E-state index contributed by atoms with van der Waals surface area (Å²) in [5.41, 5.74) is 5.85. The van der Waals surface area contributed by atoms with Crippen molar-refractivity contribution in [3.63, 3.8) is 0 Å². The van der Waals surface area contributed by atoms with Gasteiger partial charge in [0.15, 0.2) is 9.84 Å². The second-order valence-corrected chi connectivity index (χ2v) is 5.71. The first kappa shape index (κ1) is 13.5. The highest BCUT2D eigenvalue weighted by Gasteiger charge is 2.17. The van der Waals surface area contributed by atoms with Crippen LogP contribution >= 0.6 is 0 Å². The molecule has 3 N–H and O–H groups in total. The van der Waals surface area contributed by atoms with E-state index >= 15 is 0 Å². The third kappa shape index (κ3) is 3.74. The number of nitrogens with one attached hydrogen (secondary N) is 1. The zero-order valence-corrected chi connectivity index (χ0v) is 10.5. The third-order valence-electron chi connectivity index (χ3n) is 2.35. The van der Waals surface area contributed by atoms with Gasteiger partial charge in [-0.2, -0.15) is 0 Å². The molecule has 0 radical (unpaired) electrons. The molecule has 0 unspecified atom stereocenters. The second kappa shape index (κ2) is 5.67. The van der Waals surface area contributed by atoms with E-state index in [1.807, 2.05) is 0 Å². The average molecular weight is 256 g/mol. The summed E-state index contributed by atoms with van der Waals surface area (Å²) >= 11 is 0. The van der Waals surface area contributed by atoms with Gasteiger partial charge in [-0.05, 0) is 18.6 Å². The summed E-state index contributed by atoms with van der Waals surface area (Å²) in [5, 5.41) is 2.44. The van der Waals surface area contributed by atoms with Gasteiger partial charge in [-0.25, -0.2) is 8.42 Å². The Labute approximate surface area is 101 Å². The van der Waals surface area contributed by atoms with E-state index in [1.54, 1.807) is 18.2 Å². The lowest BCUT2D eigenvalue weighted by Gasteiger charge is -2.06. The number of anilines is 1. The number of hydrogen-bond acceptors (Lipinski definition) is 4. The van der Waals surface area contributed by atoms with Gasteiger partial charge in [0, 0.05) is 13.5 Å². The van der Waals surface area contributed by atoms with Crippen LogP contribution < -0.4 is 11.1 Å². The van der Waals surface area contributed by atoms with Crippen molar-refractivity contribution in [2.45, 2.75) is 17.7 Å². The van der Waals surface area contributed by atoms with E-state index in [-0.39, 0.29) is 35.1 Å². The molecule has 0 heterocycles. The van der Waals surface area contributed by atoms with E-state index in [9.17, 15) is 13.2 Å². The predicted molar refractivity (Wildman–Crippen MR) is 66.2 cm³/mol. The molecule has 1 rings (SSSR count). The van der Waals surface area contributed by atoms with Crippen molar-refractivity contribution in [1.29, 1.82) is 0 Å². The van der Waals surface area contributed by atoms with E-state index in [4.69, 9.17) is 5.73 Å². The smallest absolute Gasteiger partial charge is 0.219 e. The molecule has 0 fully saturated rings. The largest absolute Gasteiger partial charge is 0.398 e. The maximum absolute atomic E-state index is 11.9. The molecule has 5 nitrogen and oxygen atoms in total. The molecule has 6 heteroatoms. The van der Waals surface area contributed by atoms with Crippen LogP contribution in [0.5, 0.6) is 0 Å². The van der Waals surface area contributed by atoms with Gasteiger partial charge >= 0.3 is 0 Å². The molecule has 1 aromatic carbocycles. The summed E-state index contributed by atoms with van der Waals surface area (Å²) in [6, 6.07) is 6.33. The Morgan fingerprint density at radius 2 is 2.00 bits per heavy atom. The van der Waals surface area contributed by atoms with Crippen LogP contribution in [0.15, 0.2) is 29.2 Å². The molecule has 0 bridgehead atoms. The molecule has 17 heavy (non-hydrogen) atoms. The molecule has 94 valence electrons. The number of carbonyl (C=O) groups is 1. The van der Waals surface area contributed by atoms with Crippen molar-refractivity contribution < 1.29 is 13.2 Å². The zero-order chi connectivity index (χ0) is 12.9. The van der Waals surface area contributed by atoms with Crippen molar-refractivity contribution in [3.8, 4) is 0 Å². The average Bonchev–Trinajstić information content (AvgIpc) is 2.28. The summed E-state index contributed by atoms with van der Waals surface area (Å²) in [6.07, 6.45) is 0.485. The molecule has 0 aliphatic rings. The van der Waals surface area contributed by atoms with Gasteiger partial charge in [0.25, 0.3) is 0 Å². The number of para-hydroxylation sites is 1. The topological polar surface area (TPSA) is 89.3 Å². The fourth-order valence-electron chi connectivity index (χ4n) is 1.42. The van der Waals surface area contributed by atoms with Crippen LogP contribution in [0.4, 0.5) is 5.69 Å². The molecule has 0 aromatic heterocycles. The third-order valence-corrected chi connectivity index (χ3v) is 4.22. The minimum atomic E-state index is -3.40. The zero-order valence-electron chi connectivity index (χ0n) is 9.64. The van der Waals surface area contributed by atoms with Crippen molar-refractivity contribution in [1.82, 2.24) is 5.32 Å². The lowest BCUT2D eigenvalue weighted by molar-refractivity contribution is -0.120. The van der Waals surface area contributed by atoms with Crippen molar-refractivity contribution in [3.05, 3.63) is 24.3 Å². The van der Waals surface area contributed by atoms with Crippen molar-refractivity contribution in [2.75, 3.05) is 18.5 Å². The van der Waals surface area contributed by atoms with Gasteiger partial charge in [0.2, 0.25) is 5.91 Å². The highest BCUT2D eigenvalue weighted by molar-refractivity contribution is 7.91. The minimum Gasteiger partial charge on any atom is -0.398 e. The van der Waals surface area contributed by atoms with Crippen LogP contribution in [-0.2, 0) is 14.6 Å². The number of nitrogens with two attached hydrogens (primary N) is 1. The molecule has 1 amide bonds. The lowest BCUT2D eigenvalue weighted by Crippen LogP contribution is -2.19. The fourth-order valence-corrected chi connectivity index (χ4v) is 2.88. The molecule has 0 atom stereocenters. The van der Waals surface area contributed by atoms with Gasteiger partial charge in [-0.3, -0.25) is 4.79 Å².